The minimum absolute atomic E-state index is 0.349. The Morgan fingerprint density at radius 2 is 2.44 bits per heavy atom. The second-order valence-corrected chi connectivity index (χ2v) is 2.11. The maximum absolute atomic E-state index is 12.0. The number of hydrogen-bond acceptors (Lipinski definition) is 2. The van der Waals surface area contributed by atoms with E-state index < -0.39 is 12.1 Å². The summed E-state index contributed by atoms with van der Waals surface area (Å²) in [6.45, 7) is 2.07. The third-order valence-electron chi connectivity index (χ3n) is 1.30. The molecule has 0 aromatic heterocycles. The first-order valence-corrected chi connectivity index (χ1v) is 3.06. The number of carbonyl (C=O) groups excluding carboxylic acids is 1. The molecule has 1 fully saturated rings. The van der Waals surface area contributed by atoms with Gasteiger partial charge in [-0.1, -0.05) is 0 Å². The molecule has 0 spiro atoms. The van der Waals surface area contributed by atoms with E-state index in [1.54, 1.807) is 6.92 Å². The monoisotopic (exact) mass is 132 g/mol. The molecule has 1 aliphatic rings. The van der Waals surface area contributed by atoms with E-state index in [1.165, 1.54) is 0 Å². The first kappa shape index (κ1) is 6.52. The minimum atomic E-state index is -0.927. The van der Waals surface area contributed by atoms with E-state index in [0.29, 0.717) is 13.0 Å². The summed E-state index contributed by atoms with van der Waals surface area (Å²) in [5, 5.41) is 0. The Labute approximate surface area is 53.0 Å². The zero-order valence-electron chi connectivity index (χ0n) is 5.26. The lowest BCUT2D eigenvalue weighted by Gasteiger charge is -1.95. The number of esters is 1. The molecule has 0 saturated heterocycles. The largest absolute Gasteiger partial charge is 0.466 e. The predicted octanol–water partition coefficient (Wildman–Crippen LogP) is 0.908. The predicted molar refractivity (Wildman–Crippen MR) is 29.6 cm³/mol. The maximum Gasteiger partial charge on any atom is 0.311 e. The van der Waals surface area contributed by atoms with Gasteiger partial charge in [0.05, 0.1) is 12.5 Å². The average molecular weight is 132 g/mol. The molecule has 1 aliphatic carbocycles. The fourth-order valence-electron chi connectivity index (χ4n) is 0.657. The van der Waals surface area contributed by atoms with Gasteiger partial charge in [-0.3, -0.25) is 4.79 Å². The molecule has 0 bridgehead atoms. The van der Waals surface area contributed by atoms with Gasteiger partial charge in [-0.05, 0) is 13.3 Å². The minimum Gasteiger partial charge on any atom is -0.466 e. The molecule has 0 N–H and O–H groups in total. The summed E-state index contributed by atoms with van der Waals surface area (Å²) in [5.74, 6) is -0.824. The quantitative estimate of drug-likeness (QED) is 0.522. The second kappa shape index (κ2) is 2.33. The van der Waals surface area contributed by atoms with Crippen LogP contribution in [0.15, 0.2) is 0 Å². The summed E-state index contributed by atoms with van der Waals surface area (Å²) in [7, 11) is 0. The van der Waals surface area contributed by atoms with Gasteiger partial charge in [0, 0.05) is 0 Å². The Morgan fingerprint density at radius 1 is 1.89 bits per heavy atom. The van der Waals surface area contributed by atoms with E-state index in [9.17, 15) is 9.18 Å². The normalized spacial score (nSPS) is 31.8. The molecule has 0 aliphatic heterocycles. The van der Waals surface area contributed by atoms with Crippen LogP contribution in [0.25, 0.3) is 0 Å². The first-order chi connectivity index (χ1) is 4.25. The number of alkyl halides is 1. The fraction of sp³-hybridized carbons (Fsp3) is 0.833. The molecule has 1 rings (SSSR count). The number of rotatable bonds is 2. The van der Waals surface area contributed by atoms with Crippen molar-refractivity contribution in [1.29, 1.82) is 0 Å². The molecule has 2 nitrogen and oxygen atoms in total. The number of hydrogen-bond donors (Lipinski definition) is 0. The van der Waals surface area contributed by atoms with Crippen molar-refractivity contribution in [3.63, 3.8) is 0 Å². The molecule has 1 saturated carbocycles. The van der Waals surface area contributed by atoms with Crippen molar-refractivity contribution in [2.24, 2.45) is 5.92 Å². The van der Waals surface area contributed by atoms with E-state index in [-0.39, 0.29) is 5.97 Å². The van der Waals surface area contributed by atoms with Crippen molar-refractivity contribution in [2.45, 2.75) is 19.5 Å². The Hall–Kier alpha value is -0.600. The molecule has 0 unspecified atom stereocenters. The SMILES string of the molecule is CCOC(=O)[C@@H]1C[C@H]1F. The summed E-state index contributed by atoms with van der Waals surface area (Å²) < 4.78 is 16.6. The maximum atomic E-state index is 12.0. The molecular formula is C6H9FO2. The second-order valence-electron chi connectivity index (χ2n) is 2.11. The highest BCUT2D eigenvalue weighted by atomic mass is 19.1. The number of ether oxygens (including phenoxy) is 1. The van der Waals surface area contributed by atoms with Gasteiger partial charge in [0.15, 0.2) is 0 Å². The fourth-order valence-corrected chi connectivity index (χ4v) is 0.657. The first-order valence-electron chi connectivity index (χ1n) is 3.06. The van der Waals surface area contributed by atoms with Crippen LogP contribution in [0.4, 0.5) is 4.39 Å². The van der Waals surface area contributed by atoms with Gasteiger partial charge in [-0.25, -0.2) is 4.39 Å². The Bertz CT molecular complexity index is 124. The van der Waals surface area contributed by atoms with Gasteiger partial charge in [-0.2, -0.15) is 0 Å². The van der Waals surface area contributed by atoms with Crippen LogP contribution in [0.1, 0.15) is 13.3 Å². The lowest BCUT2D eigenvalue weighted by atomic mass is 10.4. The summed E-state index contributed by atoms with van der Waals surface area (Å²) in [4.78, 5) is 10.6. The zero-order chi connectivity index (χ0) is 6.85. The summed E-state index contributed by atoms with van der Waals surface area (Å²) >= 11 is 0. The lowest BCUT2D eigenvalue weighted by Crippen LogP contribution is -2.07. The molecule has 0 aromatic carbocycles. The van der Waals surface area contributed by atoms with E-state index in [1.807, 2.05) is 0 Å². The van der Waals surface area contributed by atoms with Crippen LogP contribution in [0.3, 0.4) is 0 Å². The molecule has 0 heterocycles. The van der Waals surface area contributed by atoms with Gasteiger partial charge in [-0.15, -0.1) is 0 Å². The third kappa shape index (κ3) is 1.40. The highest BCUT2D eigenvalue weighted by Gasteiger charge is 2.44. The average Bonchev–Trinajstić information content (AvgIpc) is 2.47. The van der Waals surface area contributed by atoms with Crippen LogP contribution in [0.2, 0.25) is 0 Å². The zero-order valence-corrected chi connectivity index (χ0v) is 5.26. The van der Waals surface area contributed by atoms with Crippen LogP contribution in [0, 0.1) is 5.92 Å². The number of halogens is 1. The summed E-state index contributed by atoms with van der Waals surface area (Å²) in [5.41, 5.74) is 0. The molecule has 0 aromatic rings. The van der Waals surface area contributed by atoms with Crippen LogP contribution in [0.5, 0.6) is 0 Å². The van der Waals surface area contributed by atoms with Gasteiger partial charge in [0.2, 0.25) is 0 Å². The van der Waals surface area contributed by atoms with Gasteiger partial charge >= 0.3 is 5.97 Å². The standard InChI is InChI=1S/C6H9FO2/c1-2-9-6(8)4-3-5(4)7/h4-5H,2-3H2,1H3/t4-,5-/m1/s1. The van der Waals surface area contributed by atoms with Crippen molar-refractivity contribution < 1.29 is 13.9 Å². The number of carbonyl (C=O) groups is 1. The Balaban J connectivity index is 2.20. The molecule has 0 radical (unpaired) electrons. The van der Waals surface area contributed by atoms with Gasteiger partial charge in [0.1, 0.15) is 6.17 Å². The van der Waals surface area contributed by atoms with E-state index in [0.717, 1.165) is 0 Å². The van der Waals surface area contributed by atoms with E-state index in [2.05, 4.69) is 4.74 Å². The van der Waals surface area contributed by atoms with Crippen molar-refractivity contribution in [2.75, 3.05) is 6.61 Å². The third-order valence-corrected chi connectivity index (χ3v) is 1.30. The molecular weight excluding hydrogens is 123 g/mol. The van der Waals surface area contributed by atoms with Crippen molar-refractivity contribution in [3.05, 3.63) is 0 Å². The molecule has 3 heteroatoms. The van der Waals surface area contributed by atoms with Crippen LogP contribution in [-0.2, 0) is 9.53 Å². The van der Waals surface area contributed by atoms with Crippen LogP contribution < -0.4 is 0 Å². The summed E-state index contributed by atoms with van der Waals surface area (Å²) in [6.07, 6.45) is -0.567. The van der Waals surface area contributed by atoms with Crippen molar-refractivity contribution in [3.8, 4) is 0 Å². The molecule has 52 valence electrons. The Morgan fingerprint density at radius 3 is 2.78 bits per heavy atom. The highest BCUT2D eigenvalue weighted by Crippen LogP contribution is 2.34. The van der Waals surface area contributed by atoms with E-state index in [4.69, 9.17) is 0 Å². The highest BCUT2D eigenvalue weighted by molar-refractivity contribution is 5.76. The Kier molecular flexibility index (Phi) is 1.69. The lowest BCUT2D eigenvalue weighted by molar-refractivity contribution is -0.145. The molecule has 9 heavy (non-hydrogen) atoms. The van der Waals surface area contributed by atoms with Gasteiger partial charge in [0.25, 0.3) is 0 Å². The van der Waals surface area contributed by atoms with Crippen LogP contribution >= 0.6 is 0 Å². The topological polar surface area (TPSA) is 26.3 Å². The smallest absolute Gasteiger partial charge is 0.311 e. The van der Waals surface area contributed by atoms with Crippen LogP contribution in [-0.4, -0.2) is 18.7 Å². The molecule has 0 amide bonds. The van der Waals surface area contributed by atoms with Crippen molar-refractivity contribution in [1.82, 2.24) is 0 Å². The summed E-state index contributed by atoms with van der Waals surface area (Å²) in [6, 6.07) is 0. The van der Waals surface area contributed by atoms with E-state index >= 15 is 0 Å². The van der Waals surface area contributed by atoms with Gasteiger partial charge < -0.3 is 4.74 Å². The molecule has 2 atom stereocenters. The van der Waals surface area contributed by atoms with Crippen molar-refractivity contribution >= 4 is 5.97 Å².